The van der Waals surface area contributed by atoms with E-state index < -0.39 is 0 Å². The number of allylic oxidation sites excluding steroid dienone is 14. The molecule has 1 nitrogen and oxygen atoms in total. The van der Waals surface area contributed by atoms with Crippen LogP contribution in [0.4, 0.5) is 0 Å². The Morgan fingerprint density at radius 2 is 2.11 bits per heavy atom. The van der Waals surface area contributed by atoms with Gasteiger partial charge in [0.15, 0.2) is 5.78 Å². The molecule has 5 rings (SSSR count). The summed E-state index contributed by atoms with van der Waals surface area (Å²) in [6, 6.07) is 0. The summed E-state index contributed by atoms with van der Waals surface area (Å²) in [4.78, 5) is 11.8. The van der Waals surface area contributed by atoms with Gasteiger partial charge in [-0.15, -0.1) is 0 Å². The van der Waals surface area contributed by atoms with Crippen molar-refractivity contribution in [3.05, 3.63) is 82.5 Å². The molecule has 5 aliphatic carbocycles. The van der Waals surface area contributed by atoms with Crippen LogP contribution in [0.15, 0.2) is 82.5 Å². The molecule has 0 saturated heterocycles. The molecule has 19 heavy (non-hydrogen) atoms. The van der Waals surface area contributed by atoms with E-state index in [0.717, 1.165) is 5.57 Å². The number of rotatable bonds is 0. The van der Waals surface area contributed by atoms with Crippen molar-refractivity contribution in [2.75, 3.05) is 0 Å². The van der Waals surface area contributed by atoms with Crippen molar-refractivity contribution in [2.24, 2.45) is 11.3 Å². The zero-order valence-corrected chi connectivity index (χ0v) is 10.4. The molecule has 0 bridgehead atoms. The lowest BCUT2D eigenvalue weighted by Crippen LogP contribution is -2.22. The van der Waals surface area contributed by atoms with Crippen LogP contribution in [-0.2, 0) is 4.79 Å². The first-order valence-corrected chi connectivity index (χ1v) is 6.77. The molecule has 1 spiro atoms. The van der Waals surface area contributed by atoms with Crippen LogP contribution in [0.25, 0.3) is 0 Å². The minimum Gasteiger partial charge on any atom is -0.294 e. The highest BCUT2D eigenvalue weighted by molar-refractivity contribution is 6.07. The predicted octanol–water partition coefficient (Wildman–Crippen LogP) is 3.36. The average molecular weight is 244 g/mol. The molecule has 0 aromatic rings. The average Bonchev–Trinajstić information content (AvgIpc) is 2.96. The van der Waals surface area contributed by atoms with Crippen molar-refractivity contribution < 1.29 is 4.79 Å². The molecule has 0 aliphatic heterocycles. The molecule has 90 valence electrons. The van der Waals surface area contributed by atoms with Gasteiger partial charge in [-0.3, -0.25) is 4.79 Å². The minimum atomic E-state index is -0.137. The standard InChI is InChI=1S/C18H12O/c19-17-7-6-15-14-5-4-11-2-1-3-12(11)13(14)8-9-18(15)10-16(17)18/h1-6,8-10,12H,7H2. The number of hydrogen-bond acceptors (Lipinski definition) is 1. The van der Waals surface area contributed by atoms with E-state index in [9.17, 15) is 4.79 Å². The maximum Gasteiger partial charge on any atom is 0.163 e. The number of carbonyl (C=O) groups is 1. The summed E-state index contributed by atoms with van der Waals surface area (Å²) < 4.78 is 0. The Morgan fingerprint density at radius 3 is 3.05 bits per heavy atom. The Morgan fingerprint density at radius 1 is 1.16 bits per heavy atom. The van der Waals surface area contributed by atoms with Gasteiger partial charge < -0.3 is 0 Å². The molecule has 0 aromatic heterocycles. The SMILES string of the molecule is O=C1CC=C2C3=C(C=CC24C=C14)C1C=CC=C1C=C3. The van der Waals surface area contributed by atoms with Gasteiger partial charge in [-0.2, -0.15) is 0 Å². The molecule has 2 atom stereocenters. The Bertz CT molecular complexity index is 762. The monoisotopic (exact) mass is 244 g/mol. The highest BCUT2D eigenvalue weighted by atomic mass is 16.1. The molecule has 0 heterocycles. The van der Waals surface area contributed by atoms with E-state index in [0.29, 0.717) is 18.1 Å². The molecule has 5 aliphatic rings. The smallest absolute Gasteiger partial charge is 0.163 e. The first-order chi connectivity index (χ1) is 9.29. The van der Waals surface area contributed by atoms with Gasteiger partial charge >= 0.3 is 0 Å². The first kappa shape index (κ1) is 9.74. The fourth-order valence-corrected chi connectivity index (χ4v) is 3.80. The van der Waals surface area contributed by atoms with Gasteiger partial charge in [0.1, 0.15) is 0 Å². The third-order valence-corrected chi connectivity index (χ3v) is 4.83. The van der Waals surface area contributed by atoms with E-state index in [-0.39, 0.29) is 5.41 Å². The zero-order valence-electron chi connectivity index (χ0n) is 10.4. The van der Waals surface area contributed by atoms with E-state index in [1.165, 1.54) is 22.3 Å². The fourth-order valence-electron chi connectivity index (χ4n) is 3.80. The van der Waals surface area contributed by atoms with Gasteiger partial charge in [0, 0.05) is 17.9 Å². The Hall–Kier alpha value is -2.15. The minimum absolute atomic E-state index is 0.137. The van der Waals surface area contributed by atoms with Crippen molar-refractivity contribution in [1.29, 1.82) is 0 Å². The highest BCUT2D eigenvalue weighted by Gasteiger charge is 2.52. The summed E-state index contributed by atoms with van der Waals surface area (Å²) in [7, 11) is 0. The summed E-state index contributed by atoms with van der Waals surface area (Å²) in [5.41, 5.74) is 6.28. The van der Waals surface area contributed by atoms with Crippen LogP contribution in [0.2, 0.25) is 0 Å². The molecule has 0 radical (unpaired) electrons. The van der Waals surface area contributed by atoms with Gasteiger partial charge in [0.2, 0.25) is 0 Å². The van der Waals surface area contributed by atoms with Crippen LogP contribution < -0.4 is 0 Å². The van der Waals surface area contributed by atoms with Crippen molar-refractivity contribution in [3.63, 3.8) is 0 Å². The van der Waals surface area contributed by atoms with Crippen molar-refractivity contribution in [1.82, 2.24) is 0 Å². The number of hydrogen-bond donors (Lipinski definition) is 0. The van der Waals surface area contributed by atoms with Crippen LogP contribution in [0.5, 0.6) is 0 Å². The van der Waals surface area contributed by atoms with Crippen LogP contribution in [0.1, 0.15) is 6.42 Å². The predicted molar refractivity (Wildman–Crippen MR) is 74.2 cm³/mol. The summed E-state index contributed by atoms with van der Waals surface area (Å²) in [5, 5.41) is 0. The summed E-state index contributed by atoms with van der Waals surface area (Å²) in [6.45, 7) is 0. The quantitative estimate of drug-likeness (QED) is 0.638. The van der Waals surface area contributed by atoms with Gasteiger partial charge in [-0.1, -0.05) is 54.7 Å². The van der Waals surface area contributed by atoms with Gasteiger partial charge in [-0.25, -0.2) is 0 Å². The topological polar surface area (TPSA) is 17.1 Å². The molecule has 1 heteroatoms. The Balaban J connectivity index is 1.71. The van der Waals surface area contributed by atoms with Gasteiger partial charge in [0.25, 0.3) is 0 Å². The van der Waals surface area contributed by atoms with Crippen molar-refractivity contribution in [2.45, 2.75) is 6.42 Å². The van der Waals surface area contributed by atoms with E-state index >= 15 is 0 Å². The van der Waals surface area contributed by atoms with Gasteiger partial charge in [-0.05, 0) is 22.3 Å². The molecule has 2 unspecified atom stereocenters. The molecule has 0 N–H and O–H groups in total. The second-order valence-corrected chi connectivity index (χ2v) is 5.74. The second kappa shape index (κ2) is 2.88. The normalized spacial score (nSPS) is 36.1. The van der Waals surface area contributed by atoms with Crippen molar-refractivity contribution >= 4 is 5.78 Å². The van der Waals surface area contributed by atoms with E-state index in [1.54, 1.807) is 0 Å². The molecular weight excluding hydrogens is 232 g/mol. The molecule has 0 saturated carbocycles. The van der Waals surface area contributed by atoms with Crippen LogP contribution in [-0.4, -0.2) is 5.78 Å². The van der Waals surface area contributed by atoms with E-state index in [1.807, 2.05) is 0 Å². The first-order valence-electron chi connectivity index (χ1n) is 6.77. The molecule has 0 fully saturated rings. The number of fused-ring (bicyclic) bond motifs is 3. The maximum atomic E-state index is 11.8. The molecular formula is C18H12O. The second-order valence-electron chi connectivity index (χ2n) is 5.74. The number of ketones is 1. The lowest BCUT2D eigenvalue weighted by molar-refractivity contribution is -0.114. The largest absolute Gasteiger partial charge is 0.294 e. The number of carbonyl (C=O) groups excluding carboxylic acids is 1. The summed E-state index contributed by atoms with van der Waals surface area (Å²) in [6.07, 6.45) is 20.3. The fraction of sp³-hybridized carbons (Fsp3) is 0.167. The van der Waals surface area contributed by atoms with E-state index in [4.69, 9.17) is 0 Å². The summed E-state index contributed by atoms with van der Waals surface area (Å²) >= 11 is 0. The van der Waals surface area contributed by atoms with Crippen LogP contribution in [0, 0.1) is 11.3 Å². The Kier molecular flexibility index (Phi) is 1.47. The zero-order chi connectivity index (χ0) is 12.6. The van der Waals surface area contributed by atoms with Crippen molar-refractivity contribution in [3.8, 4) is 0 Å². The lowest BCUT2D eigenvalue weighted by atomic mass is 9.70. The van der Waals surface area contributed by atoms with E-state index in [2.05, 4.69) is 54.7 Å². The Labute approximate surface area is 111 Å². The third kappa shape index (κ3) is 1.01. The third-order valence-electron chi connectivity index (χ3n) is 4.83. The lowest BCUT2D eigenvalue weighted by Gasteiger charge is -2.32. The molecule has 0 aromatic carbocycles. The van der Waals surface area contributed by atoms with Gasteiger partial charge in [0.05, 0.1) is 5.41 Å². The van der Waals surface area contributed by atoms with Crippen LogP contribution in [0.3, 0.4) is 0 Å². The molecule has 0 amide bonds. The highest BCUT2D eigenvalue weighted by Crippen LogP contribution is 2.60. The number of Topliss-reactive ketones (excluding diaryl/α,β-unsaturated/α-hetero) is 1. The van der Waals surface area contributed by atoms with Crippen LogP contribution >= 0.6 is 0 Å². The maximum absolute atomic E-state index is 11.8. The summed E-state index contributed by atoms with van der Waals surface area (Å²) in [5.74, 6) is 0.702.